The quantitative estimate of drug-likeness (QED) is 0.362. The summed E-state index contributed by atoms with van der Waals surface area (Å²) in [5.74, 6) is 1.19. The number of carbonyl (C=O) groups excluding carboxylic acids is 1. The fraction of sp³-hybridized carbons (Fsp3) is 0.364. The monoisotopic (exact) mass is 512 g/mol. The molecular weight excluding hydrogens is 472 g/mol. The molecule has 0 bridgehead atoms. The van der Waals surface area contributed by atoms with Crippen molar-refractivity contribution in [3.63, 3.8) is 0 Å². The number of phenolic OH excluding ortho intramolecular Hbond substituents is 1. The van der Waals surface area contributed by atoms with Gasteiger partial charge in [-0.15, -0.1) is 0 Å². The number of aromatic hydroxyl groups is 1. The molecule has 4 rings (SSSR count). The maximum atomic E-state index is 13.2. The molecule has 1 amide bonds. The maximum absolute atomic E-state index is 13.2. The Balaban J connectivity index is 1.58. The highest BCUT2D eigenvalue weighted by Crippen LogP contribution is 2.34. The van der Waals surface area contributed by atoms with Gasteiger partial charge in [0.25, 0.3) is 5.91 Å². The fourth-order valence-corrected chi connectivity index (χ4v) is 5.45. The van der Waals surface area contributed by atoms with Crippen LogP contribution >= 0.6 is 0 Å². The predicted molar refractivity (Wildman–Crippen MR) is 155 cm³/mol. The van der Waals surface area contributed by atoms with Crippen LogP contribution in [-0.2, 0) is 6.54 Å². The predicted octanol–water partition coefficient (Wildman–Crippen LogP) is 6.76. The molecule has 1 N–H and O–H groups in total. The number of methoxy groups -OCH3 is 1. The average Bonchev–Trinajstić information content (AvgIpc) is 2.90. The van der Waals surface area contributed by atoms with Crippen LogP contribution in [0.2, 0.25) is 0 Å². The van der Waals surface area contributed by atoms with Gasteiger partial charge in [-0.3, -0.25) is 9.69 Å². The van der Waals surface area contributed by atoms with Gasteiger partial charge in [0.15, 0.2) is 0 Å². The van der Waals surface area contributed by atoms with Gasteiger partial charge < -0.3 is 14.7 Å². The van der Waals surface area contributed by atoms with E-state index < -0.39 is 0 Å². The van der Waals surface area contributed by atoms with Crippen LogP contribution in [0.15, 0.2) is 78.4 Å². The van der Waals surface area contributed by atoms with Crippen molar-refractivity contribution in [2.24, 2.45) is 0 Å². The maximum Gasteiger partial charge on any atom is 0.254 e. The van der Waals surface area contributed by atoms with E-state index in [0.29, 0.717) is 5.56 Å². The molecule has 0 spiro atoms. The number of hydrogen-bond donors (Lipinski definition) is 1. The van der Waals surface area contributed by atoms with Crippen molar-refractivity contribution in [3.05, 3.63) is 101 Å². The Kier molecular flexibility index (Phi) is 8.90. The van der Waals surface area contributed by atoms with Crippen LogP contribution in [0, 0.1) is 0 Å². The van der Waals surface area contributed by atoms with Crippen molar-refractivity contribution in [2.75, 3.05) is 20.2 Å². The van der Waals surface area contributed by atoms with Crippen molar-refractivity contribution in [1.29, 1.82) is 0 Å². The topological polar surface area (TPSA) is 53.0 Å². The molecule has 1 aliphatic rings. The SMILES string of the molecule is COc1ccc(CN2CCC(=C(c3ccc(C(=O)N(C(C)C)C(C)C)cc3)c3cccc(O)c3)CC2)cc1. The molecule has 38 heavy (non-hydrogen) atoms. The Morgan fingerprint density at radius 3 is 2.03 bits per heavy atom. The third-order valence-electron chi connectivity index (χ3n) is 7.28. The normalized spacial score (nSPS) is 14.1. The van der Waals surface area contributed by atoms with Crippen LogP contribution in [0.1, 0.15) is 67.6 Å². The van der Waals surface area contributed by atoms with Crippen LogP contribution in [0.4, 0.5) is 0 Å². The molecule has 3 aromatic carbocycles. The number of amides is 1. The average molecular weight is 513 g/mol. The minimum atomic E-state index is 0.0555. The Hall–Kier alpha value is -3.57. The van der Waals surface area contributed by atoms with Crippen LogP contribution < -0.4 is 4.74 Å². The van der Waals surface area contributed by atoms with Gasteiger partial charge >= 0.3 is 0 Å². The van der Waals surface area contributed by atoms with Gasteiger partial charge in [-0.05, 0) is 99.2 Å². The Morgan fingerprint density at radius 1 is 0.868 bits per heavy atom. The molecule has 1 heterocycles. The summed E-state index contributed by atoms with van der Waals surface area (Å²) < 4.78 is 5.29. The zero-order chi connectivity index (χ0) is 27.2. The number of ether oxygens (including phenoxy) is 1. The van der Waals surface area contributed by atoms with Gasteiger partial charge in [0.1, 0.15) is 11.5 Å². The second-order valence-electron chi connectivity index (χ2n) is 10.6. The lowest BCUT2D eigenvalue weighted by atomic mass is 9.88. The lowest BCUT2D eigenvalue weighted by Crippen LogP contribution is -2.42. The number of carbonyl (C=O) groups is 1. The third kappa shape index (κ3) is 6.46. The summed E-state index contributed by atoms with van der Waals surface area (Å²) >= 11 is 0. The summed E-state index contributed by atoms with van der Waals surface area (Å²) in [5, 5.41) is 10.2. The van der Waals surface area contributed by atoms with E-state index in [1.54, 1.807) is 13.2 Å². The molecule has 0 aromatic heterocycles. The minimum absolute atomic E-state index is 0.0555. The summed E-state index contributed by atoms with van der Waals surface area (Å²) in [6.07, 6.45) is 1.91. The highest BCUT2D eigenvalue weighted by Gasteiger charge is 2.23. The first-order valence-corrected chi connectivity index (χ1v) is 13.6. The zero-order valence-corrected chi connectivity index (χ0v) is 23.3. The molecule has 0 atom stereocenters. The van der Waals surface area contributed by atoms with Crippen molar-refractivity contribution >= 4 is 11.5 Å². The third-order valence-corrected chi connectivity index (χ3v) is 7.28. The van der Waals surface area contributed by atoms with Crippen molar-refractivity contribution < 1.29 is 14.6 Å². The Morgan fingerprint density at radius 2 is 1.47 bits per heavy atom. The molecule has 0 radical (unpaired) electrons. The fourth-order valence-electron chi connectivity index (χ4n) is 5.45. The summed E-state index contributed by atoms with van der Waals surface area (Å²) in [7, 11) is 1.69. The number of hydrogen-bond acceptors (Lipinski definition) is 4. The van der Waals surface area contributed by atoms with E-state index in [4.69, 9.17) is 4.74 Å². The molecule has 5 nitrogen and oxygen atoms in total. The van der Waals surface area contributed by atoms with E-state index in [1.165, 1.54) is 11.1 Å². The molecule has 0 unspecified atom stereocenters. The Labute approximate surface area is 227 Å². The van der Waals surface area contributed by atoms with Gasteiger partial charge in [-0.25, -0.2) is 0 Å². The van der Waals surface area contributed by atoms with Gasteiger partial charge in [-0.1, -0.05) is 42.0 Å². The number of nitrogens with zero attached hydrogens (tertiary/aromatic N) is 2. The first-order valence-electron chi connectivity index (χ1n) is 13.6. The Bertz CT molecular complexity index is 1240. The molecule has 3 aromatic rings. The lowest BCUT2D eigenvalue weighted by Gasteiger charge is -2.31. The molecule has 1 fully saturated rings. The summed E-state index contributed by atoms with van der Waals surface area (Å²) in [6, 6.07) is 24.1. The highest BCUT2D eigenvalue weighted by molar-refractivity contribution is 5.95. The lowest BCUT2D eigenvalue weighted by molar-refractivity contribution is 0.0643. The molecule has 0 saturated carbocycles. The van der Waals surface area contributed by atoms with E-state index >= 15 is 0 Å². The first-order chi connectivity index (χ1) is 18.3. The van der Waals surface area contributed by atoms with E-state index in [2.05, 4.69) is 62.9 Å². The molecular formula is C33H40N2O3. The van der Waals surface area contributed by atoms with Crippen LogP contribution in [0.3, 0.4) is 0 Å². The van der Waals surface area contributed by atoms with Gasteiger partial charge in [0.2, 0.25) is 0 Å². The van der Waals surface area contributed by atoms with E-state index in [1.807, 2.05) is 41.3 Å². The molecule has 1 aliphatic heterocycles. The summed E-state index contributed by atoms with van der Waals surface area (Å²) in [5.41, 5.74) is 6.61. The van der Waals surface area contributed by atoms with Crippen LogP contribution in [-0.4, -0.2) is 53.1 Å². The standard InChI is InChI=1S/C33H40N2O3/c1-23(2)35(24(3)4)33(37)28-13-11-26(12-14-28)32(29-7-6-8-30(36)21-29)27-17-19-34(20-18-27)22-25-9-15-31(38-5)16-10-25/h6-16,21,23-24,36H,17-20,22H2,1-5H3. The summed E-state index contributed by atoms with van der Waals surface area (Å²) in [4.78, 5) is 17.6. The van der Waals surface area contributed by atoms with Crippen molar-refractivity contribution in [2.45, 2.75) is 59.2 Å². The highest BCUT2D eigenvalue weighted by atomic mass is 16.5. The second kappa shape index (κ2) is 12.3. The van der Waals surface area contributed by atoms with E-state index in [9.17, 15) is 9.90 Å². The number of piperidine rings is 1. The van der Waals surface area contributed by atoms with Gasteiger partial charge in [-0.2, -0.15) is 0 Å². The number of phenols is 1. The number of likely N-dealkylation sites (tertiary alicyclic amines) is 1. The van der Waals surface area contributed by atoms with Gasteiger partial charge in [0.05, 0.1) is 7.11 Å². The van der Waals surface area contributed by atoms with E-state index in [-0.39, 0.29) is 23.7 Å². The number of benzene rings is 3. The van der Waals surface area contributed by atoms with Crippen LogP contribution in [0.5, 0.6) is 11.5 Å². The van der Waals surface area contributed by atoms with E-state index in [0.717, 1.165) is 54.9 Å². The molecule has 0 aliphatic carbocycles. The van der Waals surface area contributed by atoms with Crippen molar-refractivity contribution in [1.82, 2.24) is 9.80 Å². The van der Waals surface area contributed by atoms with Crippen molar-refractivity contribution in [3.8, 4) is 11.5 Å². The molecule has 1 saturated heterocycles. The number of rotatable bonds is 8. The molecule has 200 valence electrons. The van der Waals surface area contributed by atoms with Crippen LogP contribution in [0.25, 0.3) is 5.57 Å². The zero-order valence-electron chi connectivity index (χ0n) is 23.3. The second-order valence-corrected chi connectivity index (χ2v) is 10.6. The first kappa shape index (κ1) is 27.5. The summed E-state index contributed by atoms with van der Waals surface area (Å²) in [6.45, 7) is 11.1. The largest absolute Gasteiger partial charge is 0.508 e. The smallest absolute Gasteiger partial charge is 0.254 e. The molecule has 5 heteroatoms. The van der Waals surface area contributed by atoms with Gasteiger partial charge in [0, 0.05) is 37.3 Å². The minimum Gasteiger partial charge on any atom is -0.508 e.